The van der Waals surface area contributed by atoms with Crippen LogP contribution in [-0.2, 0) is 36.4 Å². The van der Waals surface area contributed by atoms with Gasteiger partial charge in [0.2, 0.25) is 29.5 Å². The molecule has 5 amide bonds. The molecule has 7 heterocycles. The Kier molecular flexibility index (Phi) is 11.5. The fourth-order valence-corrected chi connectivity index (χ4v) is 12.5. The summed E-state index contributed by atoms with van der Waals surface area (Å²) in [5.41, 5.74) is 0.993. The van der Waals surface area contributed by atoms with Crippen molar-refractivity contribution in [2.45, 2.75) is 100 Å². The van der Waals surface area contributed by atoms with E-state index in [1.807, 2.05) is 29.2 Å². The minimum absolute atomic E-state index is 0.00708. The third kappa shape index (κ3) is 7.60. The fraction of sp³-hybridized carbons (Fsp3) is 0.521. The van der Waals surface area contributed by atoms with Gasteiger partial charge in [0, 0.05) is 92.8 Å². The van der Waals surface area contributed by atoms with Gasteiger partial charge in [-0.1, -0.05) is 43.1 Å². The maximum atomic E-state index is 16.4. The van der Waals surface area contributed by atoms with E-state index in [0.29, 0.717) is 92.3 Å². The zero-order valence-corrected chi connectivity index (χ0v) is 39.3. The summed E-state index contributed by atoms with van der Waals surface area (Å²) in [5.74, 6) is -3.16. The van der Waals surface area contributed by atoms with Crippen molar-refractivity contribution in [1.82, 2.24) is 39.9 Å². The Hall–Kier alpha value is -5.36. The van der Waals surface area contributed by atoms with Gasteiger partial charge in [-0.3, -0.25) is 48.6 Å². The Bertz CT molecular complexity index is 2770. The molecule has 354 valence electrons. The van der Waals surface area contributed by atoms with Crippen molar-refractivity contribution in [2.75, 3.05) is 56.0 Å². The van der Waals surface area contributed by atoms with E-state index in [-0.39, 0.29) is 70.9 Å². The number of nitrogens with zero attached hydrogens (tertiary/aromatic N) is 6. The van der Waals surface area contributed by atoms with Crippen LogP contribution in [-0.4, -0.2) is 117 Å². The Labute approximate surface area is 396 Å². The molecule has 2 aromatic carbocycles. The monoisotopic (exact) mass is 956 g/mol. The van der Waals surface area contributed by atoms with Crippen molar-refractivity contribution in [3.8, 4) is 0 Å². The number of carbonyl (C=O) groups is 5. The number of benzene rings is 2. The van der Waals surface area contributed by atoms with Crippen LogP contribution in [0, 0.1) is 11.2 Å². The van der Waals surface area contributed by atoms with E-state index in [9.17, 15) is 28.8 Å². The number of carbonyl (C=O) groups excluding carboxylic acids is 5. The van der Waals surface area contributed by atoms with Gasteiger partial charge >= 0.3 is 5.69 Å². The summed E-state index contributed by atoms with van der Waals surface area (Å²) in [6, 6.07) is 10.6. The van der Waals surface area contributed by atoms with Gasteiger partial charge in [0.25, 0.3) is 0 Å². The second-order valence-electron chi connectivity index (χ2n) is 20.1. The van der Waals surface area contributed by atoms with Crippen molar-refractivity contribution < 1.29 is 28.4 Å². The van der Waals surface area contributed by atoms with Crippen molar-refractivity contribution in [3.63, 3.8) is 0 Å². The highest BCUT2D eigenvalue weighted by atomic mass is 35.5. The van der Waals surface area contributed by atoms with Crippen LogP contribution in [0.4, 0.5) is 15.8 Å². The first-order valence-electron chi connectivity index (χ1n) is 23.3. The lowest BCUT2D eigenvalue weighted by Crippen LogP contribution is -2.61. The SMILES string of the molecule is Cn1c(=O)n(C2CCC(=O)NC2=O)c2ccc(N3CCN(C(=O)CN4CCC(NC(=O)[C@@H]5NC6(CCC(C)(C)CC6)[C@@]6(C(=O)Nc7cc(Cl)ccc76)[C@H]5c5ccnc(Cl)c5F)CC4)CC3)cc21. The lowest BCUT2D eigenvalue weighted by Gasteiger charge is -2.50. The quantitative estimate of drug-likeness (QED) is 0.153. The third-order valence-corrected chi connectivity index (χ3v) is 16.3. The minimum atomic E-state index is -1.37. The summed E-state index contributed by atoms with van der Waals surface area (Å²) >= 11 is 12.8. The molecule has 4 saturated heterocycles. The minimum Gasteiger partial charge on any atom is -0.368 e. The van der Waals surface area contributed by atoms with Crippen molar-refractivity contribution in [3.05, 3.63) is 86.3 Å². The molecule has 0 bridgehead atoms. The van der Waals surface area contributed by atoms with Crippen LogP contribution < -0.4 is 31.9 Å². The Morgan fingerprint density at radius 1 is 0.881 bits per heavy atom. The smallest absolute Gasteiger partial charge is 0.329 e. The maximum Gasteiger partial charge on any atom is 0.329 e. The molecule has 1 unspecified atom stereocenters. The topological polar surface area (TPSA) is 183 Å². The van der Waals surface area contributed by atoms with Crippen LogP contribution in [0.15, 0.2) is 53.5 Å². The molecule has 1 saturated carbocycles. The van der Waals surface area contributed by atoms with Crippen molar-refractivity contribution in [2.24, 2.45) is 12.5 Å². The summed E-state index contributed by atoms with van der Waals surface area (Å²) in [6.07, 6.45) is 5.79. The number of piperidine rings is 2. The molecule has 4 atom stereocenters. The summed E-state index contributed by atoms with van der Waals surface area (Å²) in [4.78, 5) is 91.2. The van der Waals surface area contributed by atoms with Gasteiger partial charge in [-0.25, -0.2) is 14.2 Å². The van der Waals surface area contributed by atoms with Gasteiger partial charge in [-0.15, -0.1) is 0 Å². The first-order valence-corrected chi connectivity index (χ1v) is 24.0. The van der Waals surface area contributed by atoms with Gasteiger partial charge in [0.15, 0.2) is 11.0 Å². The highest BCUT2D eigenvalue weighted by Gasteiger charge is 2.73. The molecule has 2 aromatic heterocycles. The predicted octanol–water partition coefficient (Wildman–Crippen LogP) is 4.37. The van der Waals surface area contributed by atoms with Crippen LogP contribution in [0.25, 0.3) is 11.0 Å². The van der Waals surface area contributed by atoms with Crippen molar-refractivity contribution >= 4 is 75.1 Å². The molecule has 4 aromatic rings. The van der Waals surface area contributed by atoms with Gasteiger partial charge < -0.3 is 20.4 Å². The molecular formula is C48H55Cl2FN10O6. The largest absolute Gasteiger partial charge is 0.368 e. The van der Waals surface area contributed by atoms with E-state index in [2.05, 4.69) is 49.9 Å². The lowest BCUT2D eigenvalue weighted by molar-refractivity contribution is -0.136. The summed E-state index contributed by atoms with van der Waals surface area (Å²) in [6.45, 7) is 8.07. The first-order chi connectivity index (χ1) is 32.0. The number of likely N-dealkylation sites (tertiary alicyclic amines) is 1. The van der Waals surface area contributed by atoms with E-state index in [1.54, 1.807) is 19.2 Å². The second-order valence-corrected chi connectivity index (χ2v) is 20.9. The molecule has 4 N–H and O–H groups in total. The van der Waals surface area contributed by atoms with Crippen LogP contribution in [0.2, 0.25) is 10.2 Å². The molecule has 19 heteroatoms. The molecule has 5 aliphatic heterocycles. The zero-order valence-electron chi connectivity index (χ0n) is 37.8. The van der Waals surface area contributed by atoms with Crippen LogP contribution in [0.1, 0.15) is 88.3 Å². The number of fused-ring (bicyclic) bond motifs is 4. The summed E-state index contributed by atoms with van der Waals surface area (Å²) in [5, 5.41) is 12.5. The van der Waals surface area contributed by atoms with Crippen LogP contribution >= 0.6 is 23.2 Å². The number of aryl methyl sites for hydroxylation is 1. The Morgan fingerprint density at radius 2 is 1.61 bits per heavy atom. The van der Waals surface area contributed by atoms with Crippen LogP contribution in [0.5, 0.6) is 0 Å². The normalized spacial score (nSPS) is 26.3. The number of rotatable bonds is 7. The molecule has 6 aliphatic rings. The summed E-state index contributed by atoms with van der Waals surface area (Å²) in [7, 11) is 1.67. The molecule has 0 radical (unpaired) electrons. The predicted molar refractivity (Wildman–Crippen MR) is 251 cm³/mol. The van der Waals surface area contributed by atoms with E-state index in [0.717, 1.165) is 18.5 Å². The molecule has 2 spiro atoms. The average Bonchev–Trinajstić information content (AvgIpc) is 3.86. The number of amides is 5. The van der Waals surface area contributed by atoms with Gasteiger partial charge in [0.05, 0.1) is 23.6 Å². The molecule has 16 nitrogen and oxygen atoms in total. The van der Waals surface area contributed by atoms with E-state index >= 15 is 4.39 Å². The number of piperazine rings is 1. The average molecular weight is 958 g/mol. The molecule has 5 fully saturated rings. The molecule has 1 aliphatic carbocycles. The molecule has 67 heavy (non-hydrogen) atoms. The number of pyridine rings is 1. The van der Waals surface area contributed by atoms with Crippen LogP contribution in [0.3, 0.4) is 0 Å². The van der Waals surface area contributed by atoms with Gasteiger partial charge in [0.1, 0.15) is 11.5 Å². The number of anilines is 2. The Balaban J connectivity index is 0.798. The zero-order chi connectivity index (χ0) is 47.2. The van der Waals surface area contributed by atoms with Crippen molar-refractivity contribution in [1.29, 1.82) is 0 Å². The fourth-order valence-electron chi connectivity index (χ4n) is 12.1. The maximum absolute atomic E-state index is 16.4. The number of nitrogens with one attached hydrogen (secondary N) is 4. The van der Waals surface area contributed by atoms with E-state index in [1.165, 1.54) is 21.4 Å². The molecule has 10 rings (SSSR count). The first kappa shape index (κ1) is 45.4. The van der Waals surface area contributed by atoms with E-state index < -0.39 is 40.7 Å². The standard InChI is InChI=1S/C48H55Cl2FN10O6/c1-46(2)13-15-47(16-14-46)48(31-6-4-27(49)24-32(31)54-44(48)66)38(30-10-17-52-41(50)39(30)51)40(56-47)43(65)53-28-11-18-58(19-12-28)26-37(63)60-22-20-59(21-23-60)29-5-7-33-35(25-29)57(3)45(67)61(33)34-8-9-36(62)55-42(34)64/h4-7,10,17,24-25,28,34,38,40,56H,8-9,11-16,18-23,26H2,1-3H3,(H,53,65)(H,54,66)(H,55,62,64)/t34?,38-,40+,48+/m0/s1. The van der Waals surface area contributed by atoms with Gasteiger partial charge in [-0.05, 0) is 97.9 Å². The number of halogens is 3. The highest BCUT2D eigenvalue weighted by molar-refractivity contribution is 6.31. The summed E-state index contributed by atoms with van der Waals surface area (Å²) < 4.78 is 19.4. The number of imide groups is 1. The second kappa shape index (κ2) is 17.0. The Morgan fingerprint density at radius 3 is 2.33 bits per heavy atom. The van der Waals surface area contributed by atoms with Gasteiger partial charge in [-0.2, -0.15) is 0 Å². The third-order valence-electron chi connectivity index (χ3n) is 15.8. The molecular weight excluding hydrogens is 902 g/mol. The lowest BCUT2D eigenvalue weighted by atomic mass is 9.53. The number of aromatic nitrogens is 3. The highest BCUT2D eigenvalue weighted by Crippen LogP contribution is 2.64. The number of hydrogen-bond donors (Lipinski definition) is 4. The van der Waals surface area contributed by atoms with E-state index in [4.69, 9.17) is 23.2 Å². The number of imidazole rings is 1. The number of hydrogen-bond acceptors (Lipinski definition) is 10.